The predicted molar refractivity (Wildman–Crippen MR) is 139 cm³/mol. The number of aryl methyl sites for hydroxylation is 1. The van der Waals surface area contributed by atoms with Crippen molar-refractivity contribution in [1.82, 2.24) is 20.3 Å². The molecule has 1 aliphatic heterocycles. The normalized spacial score (nSPS) is 16.1. The number of guanidine groups is 1. The predicted octanol–water partition coefficient (Wildman–Crippen LogP) is 3.87. The van der Waals surface area contributed by atoms with Crippen LogP contribution in [0, 0.1) is 6.92 Å². The summed E-state index contributed by atoms with van der Waals surface area (Å²) in [5.74, 6) is 1.49. The molecule has 0 amide bonds. The quantitative estimate of drug-likeness (QED) is 0.259. The van der Waals surface area contributed by atoms with E-state index in [9.17, 15) is 4.79 Å². The summed E-state index contributed by atoms with van der Waals surface area (Å²) in [5.41, 5.74) is 2.24. The summed E-state index contributed by atoms with van der Waals surface area (Å²) in [7, 11) is 0. The molecule has 0 spiro atoms. The second-order valence-corrected chi connectivity index (χ2v) is 8.58. The Hall–Kier alpha value is -3.96. The Morgan fingerprint density at radius 3 is 2.94 bits per heavy atom. The molecule has 4 rings (SSSR count). The first-order valence-corrected chi connectivity index (χ1v) is 11.9. The van der Waals surface area contributed by atoms with Gasteiger partial charge in [-0.25, -0.2) is 24.7 Å². The highest BCUT2D eigenvalue weighted by Crippen LogP contribution is 2.22. The van der Waals surface area contributed by atoms with E-state index in [4.69, 9.17) is 4.74 Å². The lowest BCUT2D eigenvalue weighted by Crippen LogP contribution is -2.20. The summed E-state index contributed by atoms with van der Waals surface area (Å²) in [6.45, 7) is 8.91. The number of anilines is 2. The first-order valence-electron chi connectivity index (χ1n) is 11.1. The molecule has 0 unspecified atom stereocenters. The van der Waals surface area contributed by atoms with Gasteiger partial charge in [-0.3, -0.25) is 0 Å². The number of nitrogens with one attached hydrogen (secondary N) is 3. The number of hydrogen-bond acceptors (Lipinski definition) is 9. The molecule has 180 valence electrons. The smallest absolute Gasteiger partial charge is 0.348 e. The highest BCUT2D eigenvalue weighted by atomic mass is 32.1. The van der Waals surface area contributed by atoms with Crippen LogP contribution in [-0.2, 0) is 4.74 Å². The van der Waals surface area contributed by atoms with Crippen LogP contribution in [0.3, 0.4) is 0 Å². The van der Waals surface area contributed by atoms with Gasteiger partial charge in [-0.1, -0.05) is 6.07 Å². The number of allylic oxidation sites excluding steroid dienone is 1. The van der Waals surface area contributed by atoms with Gasteiger partial charge in [-0.05, 0) is 63.9 Å². The maximum absolute atomic E-state index is 12.4. The van der Waals surface area contributed by atoms with Crippen LogP contribution in [0.5, 0.6) is 0 Å². The van der Waals surface area contributed by atoms with E-state index < -0.39 is 0 Å². The van der Waals surface area contributed by atoms with Crippen LogP contribution in [0.15, 0.2) is 63.8 Å². The van der Waals surface area contributed by atoms with Crippen molar-refractivity contribution >= 4 is 41.5 Å². The third-order valence-corrected chi connectivity index (χ3v) is 5.93. The van der Waals surface area contributed by atoms with Crippen LogP contribution < -0.4 is 16.0 Å². The minimum Gasteiger partial charge on any atom is -0.457 e. The second kappa shape index (κ2) is 11.4. The van der Waals surface area contributed by atoms with Gasteiger partial charge >= 0.3 is 5.97 Å². The van der Waals surface area contributed by atoms with Crippen LogP contribution in [0.4, 0.5) is 11.5 Å². The third-order valence-electron chi connectivity index (χ3n) is 5.02. The summed E-state index contributed by atoms with van der Waals surface area (Å²) in [6, 6.07) is 9.15. The van der Waals surface area contributed by atoms with Crippen molar-refractivity contribution in [2.24, 2.45) is 9.98 Å². The molecule has 10 nitrogen and oxygen atoms in total. The van der Waals surface area contributed by atoms with E-state index in [-0.39, 0.29) is 18.0 Å². The van der Waals surface area contributed by atoms with Gasteiger partial charge < -0.3 is 20.7 Å². The summed E-state index contributed by atoms with van der Waals surface area (Å²) >= 11 is 1.29. The molecule has 3 aromatic heterocycles. The molecule has 3 aromatic rings. The number of pyridine rings is 1. The molecule has 0 radical (unpaired) electrons. The Bertz CT molecular complexity index is 1260. The second-order valence-electron chi connectivity index (χ2n) is 7.67. The zero-order chi connectivity index (χ0) is 24.6. The molecule has 1 saturated heterocycles. The highest BCUT2D eigenvalue weighted by molar-refractivity contribution is 7.12. The molecule has 0 aromatic carbocycles. The van der Waals surface area contributed by atoms with E-state index >= 15 is 0 Å². The monoisotopic (exact) mass is 490 g/mol. The van der Waals surface area contributed by atoms with Crippen molar-refractivity contribution in [1.29, 1.82) is 0 Å². The van der Waals surface area contributed by atoms with E-state index in [0.717, 1.165) is 18.7 Å². The number of thiophene rings is 1. The Kier molecular flexibility index (Phi) is 7.91. The van der Waals surface area contributed by atoms with Crippen LogP contribution in [0.25, 0.3) is 11.5 Å². The minimum absolute atomic E-state index is 0.0831. The highest BCUT2D eigenvalue weighted by Gasteiger charge is 2.21. The number of hydrogen-bond donors (Lipinski definition) is 3. The average Bonchev–Trinajstić information content (AvgIpc) is 3.55. The van der Waals surface area contributed by atoms with Gasteiger partial charge in [0, 0.05) is 23.8 Å². The van der Waals surface area contributed by atoms with Gasteiger partial charge in [0.05, 0.1) is 5.69 Å². The van der Waals surface area contributed by atoms with Gasteiger partial charge in [0.15, 0.2) is 5.82 Å². The molecule has 0 aliphatic carbocycles. The lowest BCUT2D eigenvalue weighted by molar-refractivity contribution is 0.0350. The molecular weight excluding hydrogens is 464 g/mol. The van der Waals surface area contributed by atoms with E-state index in [1.807, 2.05) is 32.0 Å². The number of aromatic nitrogens is 3. The number of nitrogens with zero attached hydrogens (tertiary/aromatic N) is 5. The van der Waals surface area contributed by atoms with E-state index in [1.54, 1.807) is 29.8 Å². The van der Waals surface area contributed by atoms with Gasteiger partial charge in [0.1, 0.15) is 28.3 Å². The number of esters is 1. The third kappa shape index (κ3) is 6.55. The van der Waals surface area contributed by atoms with Crippen molar-refractivity contribution < 1.29 is 9.53 Å². The minimum atomic E-state index is -0.333. The largest absolute Gasteiger partial charge is 0.457 e. The number of aliphatic imine (C=N–C) groups is 2. The maximum atomic E-state index is 12.4. The summed E-state index contributed by atoms with van der Waals surface area (Å²) in [6.07, 6.45) is 4.18. The standard InChI is InChI=1S/C24H26N8O2S/c1-4-20(30-21-9-11-27-22(31-21)18-7-5-6-15(2)28-18)32-24(25-3)29-16-12-19(35-14-16)23(33)34-17-8-10-26-13-17/h4-7,9,11-12,14,17,26H,3,8,10,13H2,1-2H3,(H,29,32)(H,27,30,31)/b20-4-/t17-/m0/s1. The number of carbonyl (C=O) groups excluding carboxylic acids is 1. The summed E-state index contributed by atoms with van der Waals surface area (Å²) in [4.78, 5) is 34.7. The van der Waals surface area contributed by atoms with Gasteiger partial charge in [0.2, 0.25) is 5.96 Å². The summed E-state index contributed by atoms with van der Waals surface area (Å²) < 4.78 is 5.52. The molecule has 0 bridgehead atoms. The fourth-order valence-electron chi connectivity index (χ4n) is 3.31. The van der Waals surface area contributed by atoms with Crippen molar-refractivity contribution in [2.45, 2.75) is 26.4 Å². The fraction of sp³-hybridized carbons (Fsp3) is 0.250. The van der Waals surface area contributed by atoms with Crippen molar-refractivity contribution in [3.05, 3.63) is 64.4 Å². The first-order chi connectivity index (χ1) is 17.0. The van der Waals surface area contributed by atoms with Crippen molar-refractivity contribution in [3.63, 3.8) is 0 Å². The lowest BCUT2D eigenvalue weighted by atomic mass is 10.3. The first kappa shape index (κ1) is 24.2. The molecule has 3 N–H and O–H groups in total. The number of carbonyl (C=O) groups is 1. The Morgan fingerprint density at radius 1 is 1.31 bits per heavy atom. The average molecular weight is 491 g/mol. The SMILES string of the molecule is C=NC(=N/C(=C\C)Nc1ccnc(-c2cccc(C)n2)n1)Nc1csc(C(=O)O[C@H]2CCNC2)c1. The molecular formula is C24H26N8O2S. The Balaban J connectivity index is 1.43. The zero-order valence-corrected chi connectivity index (χ0v) is 20.3. The van der Waals surface area contributed by atoms with Gasteiger partial charge in [-0.2, -0.15) is 4.99 Å². The van der Waals surface area contributed by atoms with Crippen molar-refractivity contribution in [2.75, 3.05) is 23.7 Å². The number of rotatable bonds is 7. The zero-order valence-electron chi connectivity index (χ0n) is 19.5. The summed E-state index contributed by atoms with van der Waals surface area (Å²) in [5, 5.41) is 11.2. The molecule has 1 fully saturated rings. The van der Waals surface area contributed by atoms with Crippen LogP contribution in [0.1, 0.15) is 28.7 Å². The molecule has 4 heterocycles. The molecule has 35 heavy (non-hydrogen) atoms. The lowest BCUT2D eigenvalue weighted by Gasteiger charge is -2.09. The fourth-order valence-corrected chi connectivity index (χ4v) is 4.03. The molecule has 0 saturated carbocycles. The van der Waals surface area contributed by atoms with E-state index in [0.29, 0.717) is 40.3 Å². The molecule has 1 aliphatic rings. The van der Waals surface area contributed by atoms with Gasteiger partial charge in [-0.15, -0.1) is 11.3 Å². The number of ether oxygens (including phenoxy) is 1. The van der Waals surface area contributed by atoms with Crippen LogP contribution in [0.2, 0.25) is 0 Å². The van der Waals surface area contributed by atoms with Crippen LogP contribution in [-0.4, -0.2) is 52.8 Å². The van der Waals surface area contributed by atoms with Crippen molar-refractivity contribution in [3.8, 4) is 11.5 Å². The van der Waals surface area contributed by atoms with Crippen LogP contribution >= 0.6 is 11.3 Å². The van der Waals surface area contributed by atoms with E-state index in [2.05, 4.69) is 47.6 Å². The maximum Gasteiger partial charge on any atom is 0.348 e. The Labute approximate surface area is 207 Å². The Morgan fingerprint density at radius 2 is 2.20 bits per heavy atom. The molecule has 1 atom stereocenters. The van der Waals surface area contributed by atoms with E-state index in [1.165, 1.54) is 11.3 Å². The van der Waals surface area contributed by atoms with Gasteiger partial charge in [0.25, 0.3) is 0 Å². The topological polar surface area (TPSA) is 126 Å². The molecule has 11 heteroatoms.